The molecule has 0 spiro atoms. The number of para-hydroxylation sites is 5. The topological polar surface area (TPSA) is 25.9 Å². The molecule has 0 fully saturated rings. The van der Waals surface area contributed by atoms with Gasteiger partial charge in [0.15, 0.2) is 0 Å². The van der Waals surface area contributed by atoms with Gasteiger partial charge in [-0.25, -0.2) is 4.98 Å². The zero-order valence-electron chi connectivity index (χ0n) is 55.6. The Morgan fingerprint density at radius 3 is 1.54 bits per heavy atom. The Bertz CT molecular complexity index is 4940. The standard InChI is InChI=1S/C90H76N5.Pt/c1-61(2)49-68-55-87(91-59-82(68)64-33-17-11-18-34-64)95-83-44-24-23-41-80(83)78-39-21-22-40-79(78)81-48-47-73(58-86(81)95)94(72-37-19-12-20-38-72)75-54-67(63-31-15-10-16-32-63)53-74(57-75)92-60-93(85-46-26-25-45-84(85)92)88-76(66-36-27-35-65(50-66)62-29-13-9-14-30-62)42-28-43-77(88)69-51-70(89(3,4)5)56-71(52-69)90(6,7)8;/h9-48,50-56,59-61H,49H2,1-8H3;/q-3;. The fourth-order valence-corrected chi connectivity index (χ4v) is 13.8. The summed E-state index contributed by atoms with van der Waals surface area (Å²) in [6, 6.07) is 112. The SMILES string of the molecule is CC(C)Cc1cc(N2c3[c-]c(N(c4[c-]c(N5[CH-]N(c6c(-c7cccc(-c8ccccc8)c7)cccc6-c6cc(C(C)(C)C)cc(C(C)(C)C)c6)c6ccccc65)cc(-c5ccccc5)c4)c4ccccc4)ccc3-c3ccccc3-c3ccccc32)ncc1-c1ccccc1.[Pt]. The largest absolute Gasteiger partial charge is 0.493 e. The van der Waals surface area contributed by atoms with Crippen LogP contribution in [0.3, 0.4) is 0 Å². The number of hydrogen-bond acceptors (Lipinski definition) is 5. The summed E-state index contributed by atoms with van der Waals surface area (Å²) in [5.41, 5.74) is 28.2. The minimum absolute atomic E-state index is 0. The van der Waals surface area contributed by atoms with Crippen LogP contribution >= 0.6 is 0 Å². The van der Waals surface area contributed by atoms with Crippen LogP contribution < -0.4 is 19.6 Å². The number of pyridine rings is 1. The summed E-state index contributed by atoms with van der Waals surface area (Å²) in [5.74, 6) is 1.24. The van der Waals surface area contributed by atoms with E-state index in [1.807, 2.05) is 0 Å². The predicted molar refractivity (Wildman–Crippen MR) is 400 cm³/mol. The summed E-state index contributed by atoms with van der Waals surface area (Å²) in [6.07, 6.45) is 2.97. The number of aromatic nitrogens is 1. The van der Waals surface area contributed by atoms with E-state index in [9.17, 15) is 0 Å². The molecule has 5 nitrogen and oxygen atoms in total. The number of fused-ring (bicyclic) bond motifs is 6. The molecule has 12 aromatic carbocycles. The average molecular weight is 1420 g/mol. The third-order valence-corrected chi connectivity index (χ3v) is 18.6. The minimum Gasteiger partial charge on any atom is -0.493 e. The molecule has 474 valence electrons. The van der Waals surface area contributed by atoms with Crippen LogP contribution in [0, 0.1) is 24.7 Å². The van der Waals surface area contributed by atoms with Crippen LogP contribution in [0.4, 0.5) is 57.0 Å². The van der Waals surface area contributed by atoms with Gasteiger partial charge in [0.1, 0.15) is 5.82 Å². The smallest absolute Gasteiger partial charge is 0.135 e. The van der Waals surface area contributed by atoms with Crippen LogP contribution in [0.15, 0.2) is 291 Å². The summed E-state index contributed by atoms with van der Waals surface area (Å²) in [7, 11) is 0. The van der Waals surface area contributed by atoms with E-state index in [0.717, 1.165) is 125 Å². The minimum atomic E-state index is -0.0954. The molecule has 13 aromatic rings. The van der Waals surface area contributed by atoms with Crippen molar-refractivity contribution < 1.29 is 21.1 Å². The van der Waals surface area contributed by atoms with E-state index in [2.05, 4.69) is 385 Å². The molecule has 6 heteroatoms. The van der Waals surface area contributed by atoms with E-state index in [4.69, 9.17) is 4.98 Å². The van der Waals surface area contributed by atoms with E-state index >= 15 is 0 Å². The van der Waals surface area contributed by atoms with Gasteiger partial charge in [-0.15, -0.1) is 53.8 Å². The van der Waals surface area contributed by atoms with Gasteiger partial charge in [-0.3, -0.25) is 0 Å². The maximum atomic E-state index is 5.45. The van der Waals surface area contributed by atoms with Gasteiger partial charge in [-0.2, -0.15) is 6.07 Å². The van der Waals surface area contributed by atoms with Gasteiger partial charge in [0.2, 0.25) is 0 Å². The summed E-state index contributed by atoms with van der Waals surface area (Å²) < 4.78 is 0. The Morgan fingerprint density at radius 1 is 0.396 bits per heavy atom. The maximum absolute atomic E-state index is 5.45. The van der Waals surface area contributed by atoms with Crippen molar-refractivity contribution in [1.82, 2.24) is 4.98 Å². The van der Waals surface area contributed by atoms with Crippen molar-refractivity contribution in [2.45, 2.75) is 72.6 Å². The van der Waals surface area contributed by atoms with Crippen molar-refractivity contribution >= 4 is 57.0 Å². The fraction of sp³-hybridized carbons (Fsp3) is 0.133. The third-order valence-electron chi connectivity index (χ3n) is 18.6. The van der Waals surface area contributed by atoms with Crippen LogP contribution in [0.2, 0.25) is 0 Å². The van der Waals surface area contributed by atoms with E-state index < -0.39 is 0 Å². The molecule has 2 aliphatic rings. The summed E-state index contributed by atoms with van der Waals surface area (Å²) in [4.78, 5) is 14.9. The average Bonchev–Trinajstić information content (AvgIpc) is 1.55. The molecule has 15 rings (SSSR count). The monoisotopic (exact) mass is 1420 g/mol. The Kier molecular flexibility index (Phi) is 17.2. The van der Waals surface area contributed by atoms with Crippen LogP contribution in [-0.2, 0) is 38.3 Å². The predicted octanol–water partition coefficient (Wildman–Crippen LogP) is 24.8. The van der Waals surface area contributed by atoms with E-state index in [0.29, 0.717) is 5.92 Å². The van der Waals surface area contributed by atoms with Gasteiger partial charge in [0.25, 0.3) is 0 Å². The number of rotatable bonds is 13. The van der Waals surface area contributed by atoms with Crippen LogP contribution in [-0.4, -0.2) is 4.98 Å². The molecule has 2 aliphatic heterocycles. The first-order valence-corrected chi connectivity index (χ1v) is 33.3. The number of anilines is 10. The van der Waals surface area contributed by atoms with Crippen molar-refractivity contribution in [3.63, 3.8) is 0 Å². The van der Waals surface area contributed by atoms with Crippen molar-refractivity contribution in [2.75, 3.05) is 19.6 Å². The summed E-state index contributed by atoms with van der Waals surface area (Å²) >= 11 is 0. The molecule has 96 heavy (non-hydrogen) atoms. The van der Waals surface area contributed by atoms with Gasteiger partial charge >= 0.3 is 0 Å². The normalized spacial score (nSPS) is 12.5. The first kappa shape index (κ1) is 63.1. The third kappa shape index (κ3) is 12.2. The molecule has 0 N–H and O–H groups in total. The molecule has 0 radical (unpaired) electrons. The summed E-state index contributed by atoms with van der Waals surface area (Å²) in [6.45, 7) is 20.8. The molecule has 0 amide bonds. The van der Waals surface area contributed by atoms with Gasteiger partial charge in [-0.1, -0.05) is 296 Å². The molecule has 0 saturated heterocycles. The Labute approximate surface area is 581 Å². The van der Waals surface area contributed by atoms with E-state index in [1.165, 1.54) is 33.4 Å². The molecule has 1 aromatic heterocycles. The molecule has 3 heterocycles. The van der Waals surface area contributed by atoms with Gasteiger partial charge < -0.3 is 19.6 Å². The molecular formula is C90H76N5Pt-3. The zero-order chi connectivity index (χ0) is 65.0. The Hall–Kier alpha value is -10.3. The van der Waals surface area contributed by atoms with Gasteiger partial charge in [-0.05, 0) is 121 Å². The Balaban J connectivity index is 0.00000792. The van der Waals surface area contributed by atoms with Gasteiger partial charge in [0.05, 0.1) is 5.69 Å². The van der Waals surface area contributed by atoms with Crippen molar-refractivity contribution in [2.24, 2.45) is 5.92 Å². The van der Waals surface area contributed by atoms with Crippen LogP contribution in [0.5, 0.6) is 0 Å². The first-order valence-electron chi connectivity index (χ1n) is 33.3. The van der Waals surface area contributed by atoms with Crippen molar-refractivity contribution in [1.29, 1.82) is 0 Å². The van der Waals surface area contributed by atoms with E-state index in [-0.39, 0.29) is 31.9 Å². The van der Waals surface area contributed by atoms with Crippen LogP contribution in [0.25, 0.3) is 77.9 Å². The number of hydrogen-bond donors (Lipinski definition) is 0. The second-order valence-electron chi connectivity index (χ2n) is 27.6. The summed E-state index contributed by atoms with van der Waals surface area (Å²) in [5, 5.41) is 0. The maximum Gasteiger partial charge on any atom is 0.135 e. The molecular weight excluding hydrogens is 1350 g/mol. The van der Waals surface area contributed by atoms with Crippen molar-refractivity contribution in [3.8, 4) is 77.9 Å². The number of nitrogens with zero attached hydrogens (tertiary/aromatic N) is 5. The van der Waals surface area contributed by atoms with Crippen LogP contribution in [0.1, 0.15) is 72.1 Å². The molecule has 0 aliphatic carbocycles. The quantitative estimate of drug-likeness (QED) is 0.107. The first-order chi connectivity index (χ1) is 46.2. The fourth-order valence-electron chi connectivity index (χ4n) is 13.8. The van der Waals surface area contributed by atoms with E-state index in [1.54, 1.807) is 0 Å². The molecule has 0 atom stereocenters. The number of benzene rings is 12. The van der Waals surface area contributed by atoms with Gasteiger partial charge in [0, 0.05) is 72.3 Å². The molecule has 0 bridgehead atoms. The Morgan fingerprint density at radius 2 is 0.906 bits per heavy atom. The zero-order valence-corrected chi connectivity index (χ0v) is 57.9. The second-order valence-corrected chi connectivity index (χ2v) is 27.6. The molecule has 0 saturated carbocycles. The van der Waals surface area contributed by atoms with Crippen molar-refractivity contribution in [3.05, 3.63) is 327 Å². The second kappa shape index (κ2) is 26.1. The molecule has 0 unspecified atom stereocenters.